The van der Waals surface area contributed by atoms with E-state index in [4.69, 9.17) is 4.74 Å². The summed E-state index contributed by atoms with van der Waals surface area (Å²) in [6, 6.07) is 7.50. The van der Waals surface area contributed by atoms with Gasteiger partial charge in [-0.3, -0.25) is 4.79 Å². The Morgan fingerprint density at radius 3 is 2.76 bits per heavy atom. The highest BCUT2D eigenvalue weighted by molar-refractivity contribution is 14.1. The molecule has 17 heavy (non-hydrogen) atoms. The molecule has 0 bridgehead atoms. The van der Waals surface area contributed by atoms with Gasteiger partial charge in [0.25, 0.3) is 5.91 Å². The summed E-state index contributed by atoms with van der Waals surface area (Å²) < 4.78 is 6.55. The molecule has 0 atom stereocenters. The number of ether oxygens (including phenoxy) is 1. The number of rotatable bonds is 3. The van der Waals surface area contributed by atoms with Gasteiger partial charge in [0.15, 0.2) is 0 Å². The van der Waals surface area contributed by atoms with E-state index in [-0.39, 0.29) is 5.91 Å². The van der Waals surface area contributed by atoms with Crippen LogP contribution in [0.15, 0.2) is 36.1 Å². The van der Waals surface area contributed by atoms with Crippen LogP contribution in [0.3, 0.4) is 0 Å². The first kappa shape index (κ1) is 12.4. The first-order valence-electron chi connectivity index (χ1n) is 5.61. The van der Waals surface area contributed by atoms with Crippen LogP contribution in [0, 0.1) is 3.57 Å². The lowest BCUT2D eigenvalue weighted by atomic mass is 10.2. The number of amides is 1. The molecule has 0 radical (unpaired) electrons. The molecule has 1 aliphatic heterocycles. The van der Waals surface area contributed by atoms with E-state index in [1.807, 2.05) is 30.3 Å². The second-order valence-corrected chi connectivity index (χ2v) is 5.10. The number of carbonyl (C=O) groups excluding carboxylic acids is 1. The lowest BCUT2D eigenvalue weighted by Gasteiger charge is -2.15. The molecule has 1 amide bonds. The van der Waals surface area contributed by atoms with Crippen LogP contribution >= 0.6 is 22.6 Å². The molecular formula is C13H14INO2. The van der Waals surface area contributed by atoms with Crippen molar-refractivity contribution in [2.45, 2.75) is 12.8 Å². The van der Waals surface area contributed by atoms with Crippen LogP contribution in [0.1, 0.15) is 23.2 Å². The Morgan fingerprint density at radius 2 is 2.12 bits per heavy atom. The SMILES string of the molecule is O=C(NCC1=CCCCO1)c1ccc(I)cc1. The number of benzene rings is 1. The average Bonchev–Trinajstić information content (AvgIpc) is 2.38. The lowest BCUT2D eigenvalue weighted by Crippen LogP contribution is -2.27. The highest BCUT2D eigenvalue weighted by Gasteiger charge is 2.08. The van der Waals surface area contributed by atoms with Crippen molar-refractivity contribution < 1.29 is 9.53 Å². The van der Waals surface area contributed by atoms with Crippen molar-refractivity contribution in [2.24, 2.45) is 0 Å². The summed E-state index contributed by atoms with van der Waals surface area (Å²) in [6.07, 6.45) is 4.14. The third kappa shape index (κ3) is 3.73. The van der Waals surface area contributed by atoms with Crippen molar-refractivity contribution in [3.05, 3.63) is 45.2 Å². The molecular weight excluding hydrogens is 329 g/mol. The zero-order valence-electron chi connectivity index (χ0n) is 9.41. The molecule has 0 saturated carbocycles. The number of nitrogens with one attached hydrogen (secondary N) is 1. The Morgan fingerprint density at radius 1 is 1.35 bits per heavy atom. The van der Waals surface area contributed by atoms with Crippen molar-refractivity contribution >= 4 is 28.5 Å². The van der Waals surface area contributed by atoms with Gasteiger partial charge in [0, 0.05) is 9.13 Å². The zero-order chi connectivity index (χ0) is 12.1. The highest BCUT2D eigenvalue weighted by Crippen LogP contribution is 2.09. The Kier molecular flexibility index (Phi) is 4.42. The fourth-order valence-corrected chi connectivity index (χ4v) is 1.96. The molecule has 0 aliphatic carbocycles. The van der Waals surface area contributed by atoms with Gasteiger partial charge in [-0.05, 0) is 65.8 Å². The normalized spacial score (nSPS) is 14.8. The standard InChI is InChI=1S/C13H14INO2/c14-11-6-4-10(5-7-11)13(16)15-9-12-3-1-2-8-17-12/h3-7H,1-2,8-9H2,(H,15,16). The quantitative estimate of drug-likeness (QED) is 0.857. The summed E-state index contributed by atoms with van der Waals surface area (Å²) in [5, 5.41) is 2.85. The van der Waals surface area contributed by atoms with Crippen molar-refractivity contribution in [2.75, 3.05) is 13.2 Å². The minimum Gasteiger partial charge on any atom is -0.496 e. The first-order valence-corrected chi connectivity index (χ1v) is 6.69. The van der Waals surface area contributed by atoms with Gasteiger partial charge in [-0.2, -0.15) is 0 Å². The molecule has 1 heterocycles. The molecule has 0 fully saturated rings. The lowest BCUT2D eigenvalue weighted by molar-refractivity contribution is 0.0944. The minimum atomic E-state index is -0.0588. The molecule has 0 saturated heterocycles. The molecule has 0 spiro atoms. The van der Waals surface area contributed by atoms with E-state index in [0.717, 1.165) is 28.8 Å². The largest absolute Gasteiger partial charge is 0.496 e. The van der Waals surface area contributed by atoms with Crippen molar-refractivity contribution in [3.8, 4) is 0 Å². The van der Waals surface area contributed by atoms with E-state index >= 15 is 0 Å². The smallest absolute Gasteiger partial charge is 0.251 e. The van der Waals surface area contributed by atoms with Crippen LogP contribution in [-0.4, -0.2) is 19.1 Å². The van der Waals surface area contributed by atoms with Crippen LogP contribution in [0.25, 0.3) is 0 Å². The van der Waals surface area contributed by atoms with Crippen molar-refractivity contribution in [1.29, 1.82) is 0 Å². The number of halogens is 1. The monoisotopic (exact) mass is 343 g/mol. The molecule has 0 unspecified atom stereocenters. The molecule has 3 nitrogen and oxygen atoms in total. The molecule has 1 aromatic rings. The third-order valence-corrected chi connectivity index (χ3v) is 3.26. The van der Waals surface area contributed by atoms with E-state index in [9.17, 15) is 4.79 Å². The number of allylic oxidation sites excluding steroid dienone is 1. The van der Waals surface area contributed by atoms with E-state index in [0.29, 0.717) is 12.1 Å². The molecule has 2 rings (SSSR count). The predicted octanol–water partition coefficient (Wildman–Crippen LogP) is 2.72. The Labute approximate surface area is 114 Å². The molecule has 90 valence electrons. The second-order valence-electron chi connectivity index (χ2n) is 3.85. The molecule has 1 aromatic carbocycles. The Bertz CT molecular complexity index is 426. The van der Waals surface area contributed by atoms with E-state index in [1.54, 1.807) is 0 Å². The number of hydrogen-bond acceptors (Lipinski definition) is 2. The predicted molar refractivity (Wildman–Crippen MR) is 74.8 cm³/mol. The molecule has 1 aliphatic rings. The van der Waals surface area contributed by atoms with E-state index in [1.165, 1.54) is 0 Å². The summed E-state index contributed by atoms with van der Waals surface area (Å²) in [5.74, 6) is 0.812. The number of carbonyl (C=O) groups is 1. The summed E-state index contributed by atoms with van der Waals surface area (Å²) in [7, 11) is 0. The van der Waals surface area contributed by atoms with E-state index in [2.05, 4.69) is 27.9 Å². The van der Waals surface area contributed by atoms with Gasteiger partial charge >= 0.3 is 0 Å². The van der Waals surface area contributed by atoms with E-state index < -0.39 is 0 Å². The van der Waals surface area contributed by atoms with Gasteiger partial charge in [-0.15, -0.1) is 0 Å². The first-order chi connectivity index (χ1) is 8.25. The van der Waals surface area contributed by atoms with Gasteiger partial charge < -0.3 is 10.1 Å². The van der Waals surface area contributed by atoms with Gasteiger partial charge in [0.2, 0.25) is 0 Å². The fourth-order valence-electron chi connectivity index (χ4n) is 1.60. The van der Waals surface area contributed by atoms with Crippen molar-refractivity contribution in [3.63, 3.8) is 0 Å². The molecule has 1 N–H and O–H groups in total. The maximum absolute atomic E-state index is 11.8. The van der Waals surface area contributed by atoms with Crippen molar-refractivity contribution in [1.82, 2.24) is 5.32 Å². The summed E-state index contributed by atoms with van der Waals surface area (Å²) in [5.41, 5.74) is 0.682. The van der Waals surface area contributed by atoms with Gasteiger partial charge in [-0.1, -0.05) is 0 Å². The van der Waals surface area contributed by atoms with Gasteiger partial charge in [0.1, 0.15) is 5.76 Å². The van der Waals surface area contributed by atoms with Crippen LogP contribution in [0.5, 0.6) is 0 Å². The van der Waals surface area contributed by atoms with Crippen LogP contribution < -0.4 is 5.32 Å². The third-order valence-electron chi connectivity index (χ3n) is 2.54. The molecule has 4 heteroatoms. The highest BCUT2D eigenvalue weighted by atomic mass is 127. The fraction of sp³-hybridized carbons (Fsp3) is 0.308. The Hall–Kier alpha value is -1.04. The van der Waals surface area contributed by atoms with Crippen LogP contribution in [0.2, 0.25) is 0 Å². The summed E-state index contributed by atoms with van der Waals surface area (Å²) in [6.45, 7) is 1.23. The Balaban J connectivity index is 1.88. The summed E-state index contributed by atoms with van der Waals surface area (Å²) in [4.78, 5) is 11.8. The molecule has 0 aromatic heterocycles. The zero-order valence-corrected chi connectivity index (χ0v) is 11.6. The minimum absolute atomic E-state index is 0.0588. The van der Waals surface area contributed by atoms with Crippen LogP contribution in [0.4, 0.5) is 0 Å². The number of hydrogen-bond donors (Lipinski definition) is 1. The second kappa shape index (κ2) is 6.05. The van der Waals surface area contributed by atoms with Gasteiger partial charge in [-0.25, -0.2) is 0 Å². The topological polar surface area (TPSA) is 38.3 Å². The van der Waals surface area contributed by atoms with Gasteiger partial charge in [0.05, 0.1) is 13.2 Å². The maximum Gasteiger partial charge on any atom is 0.251 e. The average molecular weight is 343 g/mol. The summed E-state index contributed by atoms with van der Waals surface area (Å²) >= 11 is 2.22. The maximum atomic E-state index is 11.8. The van der Waals surface area contributed by atoms with Crippen LogP contribution in [-0.2, 0) is 4.74 Å².